The summed E-state index contributed by atoms with van der Waals surface area (Å²) in [6.45, 7) is 3.64. The summed E-state index contributed by atoms with van der Waals surface area (Å²) in [6, 6.07) is 3.58. The molecule has 0 radical (unpaired) electrons. The van der Waals surface area contributed by atoms with Crippen LogP contribution in [0, 0.1) is 5.92 Å². The van der Waals surface area contributed by atoms with Crippen molar-refractivity contribution >= 4 is 0 Å². The molecule has 1 N–H and O–H groups in total. The van der Waals surface area contributed by atoms with Gasteiger partial charge in [0.15, 0.2) is 0 Å². The zero-order valence-corrected chi connectivity index (χ0v) is 13.8. The van der Waals surface area contributed by atoms with Gasteiger partial charge >= 0.3 is 0 Å². The number of hydrogen-bond acceptors (Lipinski definition) is 4. The highest BCUT2D eigenvalue weighted by atomic mass is 16.3. The van der Waals surface area contributed by atoms with Crippen LogP contribution in [-0.2, 0) is 6.54 Å². The van der Waals surface area contributed by atoms with Crippen molar-refractivity contribution in [1.82, 2.24) is 14.7 Å². The summed E-state index contributed by atoms with van der Waals surface area (Å²) in [5.41, 5.74) is 0.707. The fourth-order valence-electron chi connectivity index (χ4n) is 3.92. The van der Waals surface area contributed by atoms with Gasteiger partial charge in [0.1, 0.15) is 0 Å². The minimum absolute atomic E-state index is 0.0283. The lowest BCUT2D eigenvalue weighted by atomic mass is 9.79. The Hall–Kier alpha value is -1.20. The van der Waals surface area contributed by atoms with Crippen LogP contribution in [0.15, 0.2) is 16.9 Å². The van der Waals surface area contributed by atoms with Gasteiger partial charge in [-0.15, -0.1) is 0 Å². The molecule has 5 nitrogen and oxygen atoms in total. The van der Waals surface area contributed by atoms with Crippen LogP contribution in [0.25, 0.3) is 0 Å². The molecule has 1 saturated heterocycles. The van der Waals surface area contributed by atoms with Gasteiger partial charge in [0.25, 0.3) is 5.56 Å². The summed E-state index contributed by atoms with van der Waals surface area (Å²) in [6.07, 6.45) is 7.70. The van der Waals surface area contributed by atoms with Crippen LogP contribution in [0.3, 0.4) is 0 Å². The molecule has 1 aromatic rings. The zero-order valence-electron chi connectivity index (χ0n) is 13.8. The van der Waals surface area contributed by atoms with E-state index < -0.39 is 5.60 Å². The lowest BCUT2D eigenvalue weighted by molar-refractivity contribution is -0.0640. The van der Waals surface area contributed by atoms with Crippen LogP contribution in [-0.4, -0.2) is 45.0 Å². The molecule has 0 amide bonds. The third-order valence-electron chi connectivity index (χ3n) is 5.82. The number of aromatic nitrogens is 2. The average molecular weight is 317 g/mol. The molecule has 0 spiro atoms. The van der Waals surface area contributed by atoms with Crippen molar-refractivity contribution in [3.63, 3.8) is 0 Å². The Morgan fingerprint density at radius 2 is 1.91 bits per heavy atom. The van der Waals surface area contributed by atoms with E-state index in [2.05, 4.69) is 10.00 Å². The first-order valence-electron chi connectivity index (χ1n) is 9.14. The molecule has 0 aromatic carbocycles. The number of likely N-dealkylation sites (tertiary alicyclic amines) is 1. The maximum Gasteiger partial charge on any atom is 0.266 e. The second-order valence-electron chi connectivity index (χ2n) is 7.85. The first-order chi connectivity index (χ1) is 11.1. The monoisotopic (exact) mass is 317 g/mol. The molecule has 3 aliphatic rings. The number of nitrogens with zero attached hydrogens (tertiary/aromatic N) is 3. The highest BCUT2D eigenvalue weighted by molar-refractivity contribution is 5.12. The van der Waals surface area contributed by atoms with E-state index in [0.717, 1.165) is 57.6 Å². The van der Waals surface area contributed by atoms with Crippen molar-refractivity contribution in [3.8, 4) is 0 Å². The van der Waals surface area contributed by atoms with Crippen molar-refractivity contribution < 1.29 is 5.11 Å². The first-order valence-corrected chi connectivity index (χ1v) is 9.14. The summed E-state index contributed by atoms with van der Waals surface area (Å²) < 4.78 is 1.69. The normalized spacial score (nSPS) is 25.3. The van der Waals surface area contributed by atoms with Gasteiger partial charge in [-0.3, -0.25) is 4.79 Å². The predicted octanol–water partition coefficient (Wildman–Crippen LogP) is 1.75. The molecule has 0 bridgehead atoms. The quantitative estimate of drug-likeness (QED) is 0.899. The first kappa shape index (κ1) is 15.3. The summed E-state index contributed by atoms with van der Waals surface area (Å²) >= 11 is 0. The van der Waals surface area contributed by atoms with E-state index in [9.17, 15) is 9.90 Å². The van der Waals surface area contributed by atoms with Crippen LogP contribution in [0.2, 0.25) is 0 Å². The molecule has 2 heterocycles. The Morgan fingerprint density at radius 1 is 1.17 bits per heavy atom. The SMILES string of the molecule is O=c1ccc(C2CC2)nn1CC1CCN(CC2(O)CCC2)CC1. The smallest absolute Gasteiger partial charge is 0.266 e. The number of β-amino-alcohol motifs (C(OH)–C–C–N with tert-alkyl or cyclic N) is 1. The topological polar surface area (TPSA) is 58.4 Å². The van der Waals surface area contributed by atoms with Crippen molar-refractivity contribution in [2.45, 2.75) is 63.0 Å². The highest BCUT2D eigenvalue weighted by Gasteiger charge is 2.37. The second-order valence-corrected chi connectivity index (χ2v) is 7.85. The minimum Gasteiger partial charge on any atom is -0.389 e. The molecule has 23 heavy (non-hydrogen) atoms. The van der Waals surface area contributed by atoms with Crippen molar-refractivity contribution in [3.05, 3.63) is 28.2 Å². The third-order valence-corrected chi connectivity index (χ3v) is 5.82. The van der Waals surface area contributed by atoms with E-state index in [-0.39, 0.29) is 5.56 Å². The van der Waals surface area contributed by atoms with Gasteiger partial charge in [0, 0.05) is 25.1 Å². The summed E-state index contributed by atoms with van der Waals surface area (Å²) in [5.74, 6) is 1.12. The van der Waals surface area contributed by atoms with E-state index in [0.29, 0.717) is 11.8 Å². The summed E-state index contributed by atoms with van der Waals surface area (Å²) in [4.78, 5) is 14.4. The summed E-state index contributed by atoms with van der Waals surface area (Å²) in [7, 11) is 0. The Bertz CT molecular complexity index is 611. The van der Waals surface area contributed by atoms with Crippen molar-refractivity contribution in [2.24, 2.45) is 5.92 Å². The highest BCUT2D eigenvalue weighted by Crippen LogP contribution is 2.38. The van der Waals surface area contributed by atoms with Gasteiger partial charge in [0.05, 0.1) is 11.3 Å². The van der Waals surface area contributed by atoms with Crippen LogP contribution in [0.4, 0.5) is 0 Å². The second kappa shape index (κ2) is 6.02. The predicted molar refractivity (Wildman–Crippen MR) is 88.4 cm³/mol. The largest absolute Gasteiger partial charge is 0.389 e. The number of aliphatic hydroxyl groups is 1. The van der Waals surface area contributed by atoms with E-state index in [1.807, 2.05) is 6.07 Å². The average Bonchev–Trinajstić information content (AvgIpc) is 3.35. The van der Waals surface area contributed by atoms with Crippen LogP contribution in [0.1, 0.15) is 56.6 Å². The molecule has 0 atom stereocenters. The van der Waals surface area contributed by atoms with E-state index in [4.69, 9.17) is 0 Å². The molecule has 4 rings (SSSR count). The maximum atomic E-state index is 12.0. The molecule has 2 saturated carbocycles. The van der Waals surface area contributed by atoms with Gasteiger partial charge < -0.3 is 10.0 Å². The molecule has 5 heteroatoms. The van der Waals surface area contributed by atoms with Gasteiger partial charge in [0.2, 0.25) is 0 Å². The fraction of sp³-hybridized carbons (Fsp3) is 0.778. The van der Waals surface area contributed by atoms with Gasteiger partial charge in [-0.05, 0) is 70.0 Å². The minimum atomic E-state index is -0.413. The molecular formula is C18H27N3O2. The van der Waals surface area contributed by atoms with E-state index >= 15 is 0 Å². The molecule has 3 fully saturated rings. The molecule has 2 aliphatic carbocycles. The van der Waals surface area contributed by atoms with Gasteiger partial charge in [-0.25, -0.2) is 4.68 Å². The number of hydrogen-bond donors (Lipinski definition) is 1. The lowest BCUT2D eigenvalue weighted by Gasteiger charge is -2.42. The van der Waals surface area contributed by atoms with E-state index in [1.54, 1.807) is 10.7 Å². The van der Waals surface area contributed by atoms with Gasteiger partial charge in [-0.1, -0.05) is 0 Å². The third kappa shape index (κ3) is 3.50. The van der Waals surface area contributed by atoms with Crippen LogP contribution in [0.5, 0.6) is 0 Å². The number of rotatable bonds is 5. The van der Waals surface area contributed by atoms with Crippen molar-refractivity contribution in [1.29, 1.82) is 0 Å². The Kier molecular flexibility index (Phi) is 4.01. The Labute approximate surface area is 137 Å². The lowest BCUT2D eigenvalue weighted by Crippen LogP contribution is -2.50. The van der Waals surface area contributed by atoms with Crippen molar-refractivity contribution in [2.75, 3.05) is 19.6 Å². The molecule has 1 aliphatic heterocycles. The molecule has 126 valence electrons. The van der Waals surface area contributed by atoms with Gasteiger partial charge in [-0.2, -0.15) is 5.10 Å². The summed E-state index contributed by atoms with van der Waals surface area (Å²) in [5, 5.41) is 14.9. The fourth-order valence-corrected chi connectivity index (χ4v) is 3.92. The van der Waals surface area contributed by atoms with Crippen LogP contribution >= 0.6 is 0 Å². The van der Waals surface area contributed by atoms with Crippen LogP contribution < -0.4 is 5.56 Å². The molecule has 0 unspecified atom stereocenters. The zero-order chi connectivity index (χ0) is 15.9. The Balaban J connectivity index is 1.32. The standard InChI is InChI=1S/C18H27N3O2/c22-17-5-4-16(15-2-3-15)19-21(17)12-14-6-10-20(11-7-14)13-18(23)8-1-9-18/h4-5,14-15,23H,1-3,6-13H2. The maximum absolute atomic E-state index is 12.0. The molecule has 1 aromatic heterocycles. The molecular weight excluding hydrogens is 290 g/mol. The van der Waals surface area contributed by atoms with E-state index in [1.165, 1.54) is 19.3 Å². The Morgan fingerprint density at radius 3 is 2.52 bits per heavy atom. The number of piperidine rings is 1.